The molecular weight excluding hydrogens is 247 g/mol. The number of nitrogens with one attached hydrogen (secondary N) is 1. The Balaban J connectivity index is 1.96. The monoisotopic (exact) mass is 266 g/mol. The topological polar surface area (TPSA) is 41.6 Å². The molecule has 0 aliphatic carbocycles. The predicted molar refractivity (Wildman–Crippen MR) is 71.8 cm³/mol. The van der Waals surface area contributed by atoms with E-state index in [-0.39, 0.29) is 5.75 Å². The van der Waals surface area contributed by atoms with Crippen LogP contribution in [0.3, 0.4) is 0 Å². The number of hydrogen-bond acceptors (Lipinski definition) is 3. The van der Waals surface area contributed by atoms with Crippen molar-refractivity contribution < 1.29 is 13.9 Å². The lowest BCUT2D eigenvalue weighted by Gasteiger charge is -2.28. The average Bonchev–Trinajstić information content (AvgIpc) is 2.40. The lowest BCUT2D eigenvalue weighted by atomic mass is 9.98. The first-order valence-electron chi connectivity index (χ1n) is 6.50. The van der Waals surface area contributed by atoms with E-state index in [9.17, 15) is 9.18 Å². The highest BCUT2D eigenvalue weighted by atomic mass is 19.1. The normalized spacial score (nSPS) is 17.2. The van der Waals surface area contributed by atoms with Crippen LogP contribution in [-0.4, -0.2) is 38.1 Å². The van der Waals surface area contributed by atoms with Crippen LogP contribution >= 0.6 is 0 Å². The van der Waals surface area contributed by atoms with E-state index >= 15 is 0 Å². The zero-order valence-electron chi connectivity index (χ0n) is 11.1. The molecule has 0 bridgehead atoms. The molecule has 4 nitrogen and oxygen atoms in total. The van der Waals surface area contributed by atoms with Gasteiger partial charge in [-0.25, -0.2) is 4.39 Å². The highest BCUT2D eigenvalue weighted by Gasteiger charge is 2.18. The Morgan fingerprint density at radius 3 is 2.89 bits per heavy atom. The van der Waals surface area contributed by atoms with Gasteiger partial charge in [0.2, 0.25) is 6.41 Å². The minimum absolute atomic E-state index is 0.133. The standard InChI is InChI=1S/C14H19FN2O2/c1-17-7-5-11(6-8-17)9-19-14-12(15)3-2-4-13(14)16-10-18/h2-4,10-11H,5-9H2,1H3,(H,16,18). The first-order chi connectivity index (χ1) is 9.20. The molecule has 0 radical (unpaired) electrons. The Morgan fingerprint density at radius 2 is 2.21 bits per heavy atom. The summed E-state index contributed by atoms with van der Waals surface area (Å²) in [5.74, 6) is 0.133. The van der Waals surface area contributed by atoms with Crippen molar-refractivity contribution in [2.75, 3.05) is 32.1 Å². The van der Waals surface area contributed by atoms with Crippen LogP contribution in [0.1, 0.15) is 12.8 Å². The van der Waals surface area contributed by atoms with Crippen LogP contribution in [0.15, 0.2) is 18.2 Å². The minimum Gasteiger partial charge on any atom is -0.488 e. The number of anilines is 1. The fourth-order valence-corrected chi connectivity index (χ4v) is 2.26. The molecule has 0 spiro atoms. The number of halogens is 1. The zero-order valence-corrected chi connectivity index (χ0v) is 11.1. The van der Waals surface area contributed by atoms with Crippen LogP contribution in [0.5, 0.6) is 5.75 Å². The van der Waals surface area contributed by atoms with E-state index in [1.165, 1.54) is 6.07 Å². The van der Waals surface area contributed by atoms with E-state index < -0.39 is 5.82 Å². The molecule has 1 heterocycles. The van der Waals surface area contributed by atoms with Gasteiger partial charge in [-0.1, -0.05) is 6.07 Å². The fraction of sp³-hybridized carbons (Fsp3) is 0.500. The smallest absolute Gasteiger partial charge is 0.211 e. The maximum Gasteiger partial charge on any atom is 0.211 e. The third-order valence-corrected chi connectivity index (χ3v) is 3.48. The van der Waals surface area contributed by atoms with E-state index in [1.54, 1.807) is 12.1 Å². The number of nitrogens with zero attached hydrogens (tertiary/aromatic N) is 1. The largest absolute Gasteiger partial charge is 0.488 e. The van der Waals surface area contributed by atoms with Crippen molar-refractivity contribution in [2.24, 2.45) is 5.92 Å². The molecule has 1 N–H and O–H groups in total. The van der Waals surface area contributed by atoms with Crippen molar-refractivity contribution in [1.82, 2.24) is 4.90 Å². The van der Waals surface area contributed by atoms with Crippen LogP contribution < -0.4 is 10.1 Å². The van der Waals surface area contributed by atoms with Gasteiger partial charge in [-0.15, -0.1) is 0 Å². The van der Waals surface area contributed by atoms with Crippen LogP contribution in [0.25, 0.3) is 0 Å². The summed E-state index contributed by atoms with van der Waals surface area (Å²) < 4.78 is 19.3. The summed E-state index contributed by atoms with van der Waals surface area (Å²) >= 11 is 0. The molecule has 1 aromatic rings. The third kappa shape index (κ3) is 3.67. The van der Waals surface area contributed by atoms with Crippen molar-refractivity contribution in [1.29, 1.82) is 0 Å². The van der Waals surface area contributed by atoms with E-state index in [4.69, 9.17) is 4.74 Å². The molecule has 19 heavy (non-hydrogen) atoms. The predicted octanol–water partition coefficient (Wildman–Crippen LogP) is 2.11. The summed E-state index contributed by atoms with van der Waals surface area (Å²) in [6.45, 7) is 2.58. The lowest BCUT2D eigenvalue weighted by molar-refractivity contribution is -0.105. The van der Waals surface area contributed by atoms with Crippen molar-refractivity contribution in [3.8, 4) is 5.75 Å². The quantitative estimate of drug-likeness (QED) is 0.830. The minimum atomic E-state index is -0.445. The molecule has 0 unspecified atom stereocenters. The van der Waals surface area contributed by atoms with Gasteiger partial charge in [-0.3, -0.25) is 4.79 Å². The molecule has 1 aliphatic heterocycles. The number of carbonyl (C=O) groups is 1. The Kier molecular flexibility index (Phi) is 4.74. The number of carbonyl (C=O) groups excluding carboxylic acids is 1. The second kappa shape index (κ2) is 6.52. The number of rotatable bonds is 5. The Labute approximate surface area is 112 Å². The first kappa shape index (κ1) is 13.8. The van der Waals surface area contributed by atoms with Crippen molar-refractivity contribution in [2.45, 2.75) is 12.8 Å². The van der Waals surface area contributed by atoms with Gasteiger partial charge in [0, 0.05) is 0 Å². The zero-order chi connectivity index (χ0) is 13.7. The molecule has 0 saturated carbocycles. The molecular formula is C14H19FN2O2. The highest BCUT2D eigenvalue weighted by molar-refractivity contribution is 5.75. The molecule has 5 heteroatoms. The summed E-state index contributed by atoms with van der Waals surface area (Å²) in [7, 11) is 2.10. The molecule has 1 aromatic carbocycles. The Bertz CT molecular complexity index is 431. The van der Waals surface area contributed by atoms with Crippen molar-refractivity contribution in [3.05, 3.63) is 24.0 Å². The summed E-state index contributed by atoms with van der Waals surface area (Å²) in [4.78, 5) is 12.8. The van der Waals surface area contributed by atoms with Gasteiger partial charge >= 0.3 is 0 Å². The van der Waals surface area contributed by atoms with E-state index in [0.717, 1.165) is 25.9 Å². The molecule has 1 amide bonds. The molecule has 2 rings (SSSR count). The molecule has 1 saturated heterocycles. The number of para-hydroxylation sites is 1. The number of likely N-dealkylation sites (tertiary alicyclic amines) is 1. The second-order valence-corrected chi connectivity index (χ2v) is 4.94. The van der Waals surface area contributed by atoms with Gasteiger partial charge in [0.05, 0.1) is 12.3 Å². The van der Waals surface area contributed by atoms with Crippen LogP contribution in [-0.2, 0) is 4.79 Å². The Morgan fingerprint density at radius 1 is 1.47 bits per heavy atom. The van der Waals surface area contributed by atoms with E-state index in [2.05, 4.69) is 17.3 Å². The molecule has 1 aliphatic rings. The van der Waals surface area contributed by atoms with Crippen molar-refractivity contribution in [3.63, 3.8) is 0 Å². The fourth-order valence-electron chi connectivity index (χ4n) is 2.26. The third-order valence-electron chi connectivity index (χ3n) is 3.48. The lowest BCUT2D eigenvalue weighted by Crippen LogP contribution is -2.32. The van der Waals surface area contributed by atoms with Crippen LogP contribution in [0.4, 0.5) is 10.1 Å². The molecule has 0 atom stereocenters. The summed E-state index contributed by atoms with van der Waals surface area (Å²) in [5.41, 5.74) is 0.378. The van der Waals surface area contributed by atoms with Crippen LogP contribution in [0.2, 0.25) is 0 Å². The van der Waals surface area contributed by atoms with Gasteiger partial charge in [0.25, 0.3) is 0 Å². The van der Waals surface area contributed by atoms with Crippen LogP contribution in [0, 0.1) is 11.7 Å². The number of piperidine rings is 1. The second-order valence-electron chi connectivity index (χ2n) is 4.94. The maximum atomic E-state index is 13.7. The number of ether oxygens (including phenoxy) is 1. The molecule has 0 aromatic heterocycles. The average molecular weight is 266 g/mol. The van der Waals surface area contributed by atoms with Gasteiger partial charge in [0.15, 0.2) is 11.6 Å². The summed E-state index contributed by atoms with van der Waals surface area (Å²) in [6.07, 6.45) is 2.64. The number of amides is 1. The number of benzene rings is 1. The highest BCUT2D eigenvalue weighted by Crippen LogP contribution is 2.28. The maximum absolute atomic E-state index is 13.7. The number of hydrogen-bond donors (Lipinski definition) is 1. The first-order valence-corrected chi connectivity index (χ1v) is 6.50. The molecule has 104 valence electrons. The van der Waals surface area contributed by atoms with Gasteiger partial charge < -0.3 is 15.0 Å². The van der Waals surface area contributed by atoms with Gasteiger partial charge in [0.1, 0.15) is 0 Å². The van der Waals surface area contributed by atoms with E-state index in [0.29, 0.717) is 24.6 Å². The van der Waals surface area contributed by atoms with Crippen molar-refractivity contribution >= 4 is 12.1 Å². The molecule has 1 fully saturated rings. The summed E-state index contributed by atoms with van der Waals surface area (Å²) in [5, 5.41) is 2.46. The summed E-state index contributed by atoms with van der Waals surface area (Å²) in [6, 6.07) is 4.50. The van der Waals surface area contributed by atoms with Gasteiger partial charge in [-0.2, -0.15) is 0 Å². The van der Waals surface area contributed by atoms with E-state index in [1.807, 2.05) is 0 Å². The SMILES string of the molecule is CN1CCC(COc2c(F)cccc2NC=O)CC1. The Hall–Kier alpha value is -1.62. The van der Waals surface area contributed by atoms with Gasteiger partial charge in [-0.05, 0) is 51.0 Å².